The van der Waals surface area contributed by atoms with Crippen LogP contribution in [0.5, 0.6) is 5.88 Å². The number of amides is 1. The maximum Gasteiger partial charge on any atom is 0.280 e. The maximum atomic E-state index is 13.1. The first-order valence-electron chi connectivity index (χ1n) is 13.2. The van der Waals surface area contributed by atoms with Crippen molar-refractivity contribution in [2.45, 2.75) is 116 Å². The summed E-state index contributed by atoms with van der Waals surface area (Å²) in [5.41, 5.74) is 5.13. The molecule has 0 spiro atoms. The maximum absolute atomic E-state index is 13.1. The first kappa shape index (κ1) is 23.1. The number of hydrogen-bond donors (Lipinski definition) is 2. The molecular formula is C28H40N2O2. The summed E-state index contributed by atoms with van der Waals surface area (Å²) in [5, 5.41) is 10.9. The van der Waals surface area contributed by atoms with Crippen LogP contribution in [0.1, 0.15) is 137 Å². The molecule has 4 heteroatoms. The largest absolute Gasteiger partial charge is 0.494 e. The fraction of sp³-hybridized carbons (Fsp3) is 0.643. The molecule has 0 unspecified atom stereocenters. The normalized spacial score (nSPS) is 25.4. The number of nitrogens with one attached hydrogen (secondary N) is 1. The zero-order chi connectivity index (χ0) is 22.2. The van der Waals surface area contributed by atoms with Crippen molar-refractivity contribution in [1.29, 1.82) is 0 Å². The molecule has 2 aliphatic carbocycles. The zero-order valence-electron chi connectivity index (χ0n) is 19.7. The Morgan fingerprint density at radius 3 is 1.78 bits per heavy atom. The Hall–Kier alpha value is -2.10. The number of aliphatic imine (C=N–C) groups is 1. The van der Waals surface area contributed by atoms with Gasteiger partial charge in [0.15, 0.2) is 5.88 Å². The number of carbonyl (C=O) groups is 1. The van der Waals surface area contributed by atoms with E-state index >= 15 is 0 Å². The molecule has 1 aromatic rings. The van der Waals surface area contributed by atoms with Gasteiger partial charge in [-0.2, -0.15) is 0 Å². The highest BCUT2D eigenvalue weighted by Crippen LogP contribution is 2.39. The Morgan fingerprint density at radius 1 is 0.656 bits per heavy atom. The number of H-pyrrole nitrogens is 1. The summed E-state index contributed by atoms with van der Waals surface area (Å²) < 4.78 is 0. The number of carbonyl (C=O) groups excluding carboxylic acids is 1. The number of nitrogens with zero attached hydrogens (tertiary/aromatic N) is 1. The molecule has 3 aliphatic rings. The van der Waals surface area contributed by atoms with Gasteiger partial charge in [0.2, 0.25) is 0 Å². The number of hydrogen-bond acceptors (Lipinski definition) is 2. The summed E-state index contributed by atoms with van der Waals surface area (Å²) in [6.45, 7) is 0. The molecule has 2 N–H and O–H groups in total. The van der Waals surface area contributed by atoms with Crippen LogP contribution < -0.4 is 0 Å². The molecule has 1 amide bonds. The molecule has 1 aromatic heterocycles. The van der Waals surface area contributed by atoms with Gasteiger partial charge in [-0.3, -0.25) is 4.79 Å². The molecule has 2 heterocycles. The average molecular weight is 437 g/mol. The lowest BCUT2D eigenvalue weighted by Gasteiger charge is -2.10. The van der Waals surface area contributed by atoms with Crippen LogP contribution in [0, 0.1) is 0 Å². The van der Waals surface area contributed by atoms with Crippen molar-refractivity contribution in [1.82, 2.24) is 4.98 Å². The lowest BCUT2D eigenvalue weighted by molar-refractivity contribution is 0.101. The summed E-state index contributed by atoms with van der Waals surface area (Å²) in [7, 11) is 0. The molecule has 0 bridgehead atoms. The van der Waals surface area contributed by atoms with Crippen LogP contribution in [0.2, 0.25) is 0 Å². The Labute approximate surface area is 193 Å². The predicted octanol–water partition coefficient (Wildman–Crippen LogP) is 8.02. The van der Waals surface area contributed by atoms with Gasteiger partial charge in [0.25, 0.3) is 5.91 Å². The van der Waals surface area contributed by atoms with E-state index in [1.807, 2.05) is 0 Å². The third-order valence-corrected chi connectivity index (χ3v) is 7.35. The predicted molar refractivity (Wildman–Crippen MR) is 132 cm³/mol. The van der Waals surface area contributed by atoms with E-state index in [1.165, 1.54) is 82.6 Å². The molecule has 1 aliphatic heterocycles. The topological polar surface area (TPSA) is 65.4 Å². The number of aromatic hydroxyl groups is 1. The van der Waals surface area contributed by atoms with Gasteiger partial charge >= 0.3 is 0 Å². The lowest BCUT2D eigenvalue weighted by Crippen LogP contribution is -2.03. The standard InChI is InChI=1S/C28H40N2O2/c31-27-23-24(26(30-27)22-19-15-11-7-4-8-12-16-20-22)28(32)29-25(23)21-17-13-9-5-2-1-3-6-10-14-18-21/h17,19,30-31H,1-16,18,20H2/b21-17+,22-19+. The van der Waals surface area contributed by atoms with Crippen molar-refractivity contribution in [2.75, 3.05) is 0 Å². The van der Waals surface area contributed by atoms with Gasteiger partial charge in [-0.1, -0.05) is 76.4 Å². The highest BCUT2D eigenvalue weighted by molar-refractivity contribution is 6.29. The zero-order valence-corrected chi connectivity index (χ0v) is 19.7. The van der Waals surface area contributed by atoms with Gasteiger partial charge in [0, 0.05) is 0 Å². The second-order valence-corrected chi connectivity index (χ2v) is 9.85. The number of aromatic amines is 1. The van der Waals surface area contributed by atoms with Crippen LogP contribution in [0.25, 0.3) is 5.57 Å². The van der Waals surface area contributed by atoms with Crippen molar-refractivity contribution >= 4 is 17.2 Å². The van der Waals surface area contributed by atoms with E-state index in [0.29, 0.717) is 11.1 Å². The molecule has 0 saturated carbocycles. The monoisotopic (exact) mass is 436 g/mol. The van der Waals surface area contributed by atoms with E-state index in [1.54, 1.807) is 0 Å². The highest BCUT2D eigenvalue weighted by Gasteiger charge is 2.34. The third-order valence-electron chi connectivity index (χ3n) is 7.35. The molecule has 0 radical (unpaired) electrons. The van der Waals surface area contributed by atoms with Crippen LogP contribution in [-0.2, 0) is 0 Å². The Kier molecular flexibility index (Phi) is 8.42. The molecular weight excluding hydrogens is 396 g/mol. The molecule has 4 nitrogen and oxygen atoms in total. The summed E-state index contributed by atoms with van der Waals surface area (Å²) in [5.74, 6) is -0.0730. The van der Waals surface area contributed by atoms with Crippen molar-refractivity contribution in [3.63, 3.8) is 0 Å². The van der Waals surface area contributed by atoms with Crippen LogP contribution in [-0.4, -0.2) is 21.7 Å². The van der Waals surface area contributed by atoms with Crippen molar-refractivity contribution in [3.05, 3.63) is 34.5 Å². The van der Waals surface area contributed by atoms with E-state index in [4.69, 9.17) is 0 Å². The van der Waals surface area contributed by atoms with E-state index in [-0.39, 0.29) is 11.8 Å². The third kappa shape index (κ3) is 5.63. The van der Waals surface area contributed by atoms with Gasteiger partial charge in [-0.15, -0.1) is 0 Å². The number of rotatable bonds is 2. The molecule has 0 saturated heterocycles. The SMILES string of the molecule is O=C1N=C(/C2=C/CCCCCCCCCC2)c2c(O)[nH]c(/C3=C/CCCCCCCC3)c21. The van der Waals surface area contributed by atoms with E-state index in [2.05, 4.69) is 22.1 Å². The second kappa shape index (κ2) is 11.7. The highest BCUT2D eigenvalue weighted by atomic mass is 16.3. The minimum Gasteiger partial charge on any atom is -0.494 e. The number of allylic oxidation sites excluding steroid dienone is 4. The average Bonchev–Trinajstić information content (AvgIpc) is 3.31. The van der Waals surface area contributed by atoms with Gasteiger partial charge < -0.3 is 10.1 Å². The molecule has 174 valence electrons. The minimum absolute atomic E-state index is 0.115. The summed E-state index contributed by atoms with van der Waals surface area (Å²) in [6.07, 6.45) is 26.1. The van der Waals surface area contributed by atoms with E-state index in [9.17, 15) is 9.90 Å². The van der Waals surface area contributed by atoms with Crippen LogP contribution in [0.15, 0.2) is 22.7 Å². The van der Waals surface area contributed by atoms with Crippen molar-refractivity contribution < 1.29 is 9.90 Å². The van der Waals surface area contributed by atoms with Crippen LogP contribution in [0.3, 0.4) is 0 Å². The molecule has 32 heavy (non-hydrogen) atoms. The Morgan fingerprint density at radius 2 is 1.16 bits per heavy atom. The molecule has 4 rings (SSSR count). The van der Waals surface area contributed by atoms with E-state index in [0.717, 1.165) is 55.5 Å². The van der Waals surface area contributed by atoms with Gasteiger partial charge in [-0.25, -0.2) is 4.99 Å². The first-order chi connectivity index (χ1) is 15.8. The fourth-order valence-electron chi connectivity index (χ4n) is 5.50. The Bertz CT molecular complexity index is 887. The first-order valence-corrected chi connectivity index (χ1v) is 13.2. The van der Waals surface area contributed by atoms with Crippen LogP contribution >= 0.6 is 0 Å². The quantitative estimate of drug-likeness (QED) is 0.493. The van der Waals surface area contributed by atoms with Crippen LogP contribution in [0.4, 0.5) is 0 Å². The van der Waals surface area contributed by atoms with Gasteiger partial charge in [0.1, 0.15) is 0 Å². The molecule has 0 fully saturated rings. The van der Waals surface area contributed by atoms with Crippen molar-refractivity contribution in [2.24, 2.45) is 4.99 Å². The van der Waals surface area contributed by atoms with E-state index < -0.39 is 0 Å². The Balaban J connectivity index is 1.61. The summed E-state index contributed by atoms with van der Waals surface area (Å²) in [4.78, 5) is 20.8. The van der Waals surface area contributed by atoms with Gasteiger partial charge in [0.05, 0.1) is 22.5 Å². The summed E-state index contributed by atoms with van der Waals surface area (Å²) in [6, 6.07) is 0. The number of fused-ring (bicyclic) bond motifs is 1. The lowest BCUT2D eigenvalue weighted by atomic mass is 9.93. The minimum atomic E-state index is -0.188. The fourth-order valence-corrected chi connectivity index (χ4v) is 5.50. The smallest absolute Gasteiger partial charge is 0.280 e. The molecule has 0 aromatic carbocycles. The summed E-state index contributed by atoms with van der Waals surface area (Å²) >= 11 is 0. The van der Waals surface area contributed by atoms with Crippen molar-refractivity contribution in [3.8, 4) is 5.88 Å². The second-order valence-electron chi connectivity index (χ2n) is 9.85. The molecule has 0 atom stereocenters. The van der Waals surface area contributed by atoms with Gasteiger partial charge in [-0.05, 0) is 62.5 Å². The number of aromatic nitrogens is 1.